The normalized spacial score (nSPS) is 10.4. The average molecular weight is 249 g/mol. The van der Waals surface area contributed by atoms with Crippen LogP contribution in [-0.4, -0.2) is 15.7 Å². The first-order valence-electron chi connectivity index (χ1n) is 4.99. The van der Waals surface area contributed by atoms with Gasteiger partial charge in [-0.2, -0.15) is 0 Å². The van der Waals surface area contributed by atoms with E-state index in [0.717, 1.165) is 11.1 Å². The molecule has 0 aliphatic rings. The van der Waals surface area contributed by atoms with Gasteiger partial charge >= 0.3 is 0 Å². The SMILES string of the molecule is Cc1ccc(-c2nn(CC(N)=O)c(=S)o2)cc1. The van der Waals surface area contributed by atoms with E-state index in [4.69, 9.17) is 22.4 Å². The lowest BCUT2D eigenvalue weighted by Crippen LogP contribution is -2.19. The van der Waals surface area contributed by atoms with Crippen LogP contribution in [0.3, 0.4) is 0 Å². The Hall–Kier alpha value is -1.95. The molecule has 0 fully saturated rings. The summed E-state index contributed by atoms with van der Waals surface area (Å²) in [7, 11) is 0. The number of aryl methyl sites for hydroxylation is 1. The molecule has 0 aliphatic heterocycles. The Labute approximate surface area is 103 Å². The van der Waals surface area contributed by atoms with Crippen molar-refractivity contribution in [3.63, 3.8) is 0 Å². The largest absolute Gasteiger partial charge is 0.409 e. The van der Waals surface area contributed by atoms with Crippen molar-refractivity contribution in [2.75, 3.05) is 0 Å². The molecule has 0 bridgehead atoms. The van der Waals surface area contributed by atoms with Crippen LogP contribution < -0.4 is 5.73 Å². The molecule has 1 aromatic carbocycles. The first-order chi connectivity index (χ1) is 8.06. The predicted molar refractivity (Wildman–Crippen MR) is 64.7 cm³/mol. The van der Waals surface area contributed by atoms with E-state index < -0.39 is 5.91 Å². The van der Waals surface area contributed by atoms with Crippen molar-refractivity contribution >= 4 is 18.1 Å². The molecule has 5 nitrogen and oxygen atoms in total. The highest BCUT2D eigenvalue weighted by Gasteiger charge is 2.09. The number of benzene rings is 1. The third-order valence-electron chi connectivity index (χ3n) is 2.21. The van der Waals surface area contributed by atoms with Crippen molar-refractivity contribution < 1.29 is 9.21 Å². The number of rotatable bonds is 3. The molecule has 2 N–H and O–H groups in total. The van der Waals surface area contributed by atoms with Gasteiger partial charge in [-0.3, -0.25) is 4.79 Å². The standard InChI is InChI=1S/C11H11N3O2S/c1-7-2-4-8(5-3-7)10-13-14(6-9(12)15)11(17)16-10/h2-5H,6H2,1H3,(H2,12,15). The number of hydrogen-bond donors (Lipinski definition) is 1. The fourth-order valence-corrected chi connectivity index (χ4v) is 1.55. The predicted octanol–water partition coefficient (Wildman–Crippen LogP) is 1.67. The molecule has 0 saturated carbocycles. The minimum absolute atomic E-state index is 0.0752. The molecule has 0 unspecified atom stereocenters. The molecule has 88 valence electrons. The Kier molecular flexibility index (Phi) is 3.06. The molecule has 1 aromatic heterocycles. The van der Waals surface area contributed by atoms with Crippen LogP contribution in [0, 0.1) is 11.8 Å². The van der Waals surface area contributed by atoms with Gasteiger partial charge < -0.3 is 10.2 Å². The van der Waals surface area contributed by atoms with Crippen LogP contribution in [0.4, 0.5) is 0 Å². The summed E-state index contributed by atoms with van der Waals surface area (Å²) in [5.74, 6) is -0.124. The molecule has 1 amide bonds. The Morgan fingerprint density at radius 2 is 2.12 bits per heavy atom. The van der Waals surface area contributed by atoms with E-state index >= 15 is 0 Å². The van der Waals surface area contributed by atoms with Gasteiger partial charge in [0.05, 0.1) is 0 Å². The minimum atomic E-state index is -0.509. The fraction of sp³-hybridized carbons (Fsp3) is 0.182. The van der Waals surface area contributed by atoms with E-state index in [-0.39, 0.29) is 11.4 Å². The zero-order chi connectivity index (χ0) is 12.4. The molecule has 2 aromatic rings. The van der Waals surface area contributed by atoms with Crippen molar-refractivity contribution in [2.24, 2.45) is 5.73 Å². The van der Waals surface area contributed by atoms with E-state index in [2.05, 4.69) is 5.10 Å². The van der Waals surface area contributed by atoms with Crippen LogP contribution in [0.15, 0.2) is 28.7 Å². The summed E-state index contributed by atoms with van der Waals surface area (Å²) in [6.07, 6.45) is 0. The van der Waals surface area contributed by atoms with Crippen LogP contribution in [0.1, 0.15) is 5.56 Å². The number of aromatic nitrogens is 2. The molecule has 2 rings (SSSR count). The van der Waals surface area contributed by atoms with E-state index in [1.54, 1.807) is 0 Å². The first-order valence-corrected chi connectivity index (χ1v) is 5.40. The molecular weight excluding hydrogens is 238 g/mol. The number of nitrogens with two attached hydrogens (primary N) is 1. The highest BCUT2D eigenvalue weighted by molar-refractivity contribution is 7.71. The Bertz CT molecular complexity index is 598. The summed E-state index contributed by atoms with van der Waals surface area (Å²) >= 11 is 4.94. The molecule has 6 heteroatoms. The lowest BCUT2D eigenvalue weighted by molar-refractivity contribution is -0.118. The van der Waals surface area contributed by atoms with Gasteiger partial charge in [-0.1, -0.05) is 17.7 Å². The van der Waals surface area contributed by atoms with Gasteiger partial charge in [0, 0.05) is 5.56 Å². The highest BCUT2D eigenvalue weighted by atomic mass is 32.1. The first kappa shape index (κ1) is 11.5. The third-order valence-corrected chi connectivity index (χ3v) is 2.50. The van der Waals surface area contributed by atoms with E-state index in [1.807, 2.05) is 31.2 Å². The summed E-state index contributed by atoms with van der Waals surface area (Å²) < 4.78 is 6.57. The number of amides is 1. The molecule has 0 spiro atoms. The Morgan fingerprint density at radius 1 is 1.47 bits per heavy atom. The van der Waals surface area contributed by atoms with Gasteiger partial charge in [-0.05, 0) is 31.3 Å². The molecule has 0 saturated heterocycles. The highest BCUT2D eigenvalue weighted by Crippen LogP contribution is 2.18. The second-order valence-electron chi connectivity index (χ2n) is 3.66. The summed E-state index contributed by atoms with van der Waals surface area (Å²) in [6, 6.07) is 7.65. The van der Waals surface area contributed by atoms with Crippen LogP contribution in [0.25, 0.3) is 11.5 Å². The maximum Gasteiger partial charge on any atom is 0.287 e. The van der Waals surface area contributed by atoms with E-state index in [1.165, 1.54) is 4.68 Å². The Balaban J connectivity index is 2.37. The second-order valence-corrected chi connectivity index (χ2v) is 4.01. The minimum Gasteiger partial charge on any atom is -0.409 e. The van der Waals surface area contributed by atoms with Crippen molar-refractivity contribution in [3.8, 4) is 11.5 Å². The third kappa shape index (κ3) is 2.59. The molecule has 17 heavy (non-hydrogen) atoms. The van der Waals surface area contributed by atoms with Gasteiger partial charge in [0.15, 0.2) is 0 Å². The molecule has 0 atom stereocenters. The smallest absolute Gasteiger partial charge is 0.287 e. The molecular formula is C11H11N3O2S. The zero-order valence-electron chi connectivity index (χ0n) is 9.21. The van der Waals surface area contributed by atoms with Gasteiger partial charge in [0.2, 0.25) is 11.8 Å². The number of carbonyl (C=O) groups is 1. The zero-order valence-corrected chi connectivity index (χ0v) is 10.0. The van der Waals surface area contributed by atoms with Crippen LogP contribution in [-0.2, 0) is 11.3 Å². The van der Waals surface area contributed by atoms with Crippen LogP contribution >= 0.6 is 12.2 Å². The average Bonchev–Trinajstić information content (AvgIpc) is 2.60. The fourth-order valence-electron chi connectivity index (χ4n) is 1.37. The number of primary amides is 1. The van der Waals surface area contributed by atoms with Crippen molar-refractivity contribution in [2.45, 2.75) is 13.5 Å². The van der Waals surface area contributed by atoms with Gasteiger partial charge in [0.1, 0.15) is 6.54 Å². The summed E-state index contributed by atoms with van der Waals surface area (Å²) in [5, 5.41) is 4.09. The maximum atomic E-state index is 10.8. The van der Waals surface area contributed by atoms with Crippen molar-refractivity contribution in [1.82, 2.24) is 9.78 Å². The lowest BCUT2D eigenvalue weighted by atomic mass is 10.1. The summed E-state index contributed by atoms with van der Waals surface area (Å²) in [4.78, 5) is 10.9. The maximum absolute atomic E-state index is 10.8. The lowest BCUT2D eigenvalue weighted by Gasteiger charge is -1.95. The molecule has 0 radical (unpaired) electrons. The number of nitrogens with zero attached hydrogens (tertiary/aromatic N) is 2. The van der Waals surface area contributed by atoms with Gasteiger partial charge in [-0.25, -0.2) is 4.68 Å². The summed E-state index contributed by atoms with van der Waals surface area (Å²) in [5.41, 5.74) is 7.03. The van der Waals surface area contributed by atoms with E-state index in [9.17, 15) is 4.79 Å². The summed E-state index contributed by atoms with van der Waals surface area (Å²) in [6.45, 7) is 1.92. The monoisotopic (exact) mass is 249 g/mol. The number of hydrogen-bond acceptors (Lipinski definition) is 4. The molecule has 1 heterocycles. The van der Waals surface area contributed by atoms with Crippen molar-refractivity contribution in [3.05, 3.63) is 34.7 Å². The van der Waals surface area contributed by atoms with Gasteiger partial charge in [0.25, 0.3) is 4.84 Å². The quantitative estimate of drug-likeness (QED) is 0.840. The number of carbonyl (C=O) groups excluding carboxylic acids is 1. The van der Waals surface area contributed by atoms with Gasteiger partial charge in [-0.15, -0.1) is 5.10 Å². The second kappa shape index (κ2) is 4.50. The topological polar surface area (TPSA) is 74.1 Å². The molecule has 0 aliphatic carbocycles. The van der Waals surface area contributed by atoms with Crippen LogP contribution in [0.2, 0.25) is 0 Å². The van der Waals surface area contributed by atoms with Crippen molar-refractivity contribution in [1.29, 1.82) is 0 Å². The van der Waals surface area contributed by atoms with Crippen LogP contribution in [0.5, 0.6) is 0 Å². The van der Waals surface area contributed by atoms with E-state index in [0.29, 0.717) is 5.89 Å². The Morgan fingerprint density at radius 3 is 2.71 bits per heavy atom.